The zero-order chi connectivity index (χ0) is 24.0. The van der Waals surface area contributed by atoms with Gasteiger partial charge in [0, 0.05) is 6.54 Å². The number of ether oxygens (including phenoxy) is 1. The molecule has 3 aromatic rings. The van der Waals surface area contributed by atoms with Gasteiger partial charge in [0.1, 0.15) is 11.6 Å². The molecule has 0 unspecified atom stereocenters. The maximum absolute atomic E-state index is 13.4. The van der Waals surface area contributed by atoms with Gasteiger partial charge in [-0.3, -0.25) is 19.1 Å². The van der Waals surface area contributed by atoms with Crippen LogP contribution in [0, 0.1) is 6.92 Å². The zero-order valence-electron chi connectivity index (χ0n) is 19.3. The minimum absolute atomic E-state index is 0.00283. The first-order valence-electron chi connectivity index (χ1n) is 11.0. The zero-order valence-corrected chi connectivity index (χ0v) is 19.3. The maximum atomic E-state index is 13.4. The Hall–Kier alpha value is -3.81. The van der Waals surface area contributed by atoms with E-state index >= 15 is 0 Å². The van der Waals surface area contributed by atoms with E-state index in [1.807, 2.05) is 62.4 Å². The van der Waals surface area contributed by atoms with Crippen molar-refractivity contribution >= 4 is 17.4 Å². The van der Waals surface area contributed by atoms with Crippen molar-refractivity contribution in [1.29, 1.82) is 0 Å². The second kappa shape index (κ2) is 10.7. The van der Waals surface area contributed by atoms with Crippen molar-refractivity contribution in [3.05, 3.63) is 86.1 Å². The quantitative estimate of drug-likeness (QED) is 0.521. The van der Waals surface area contributed by atoms with Crippen molar-refractivity contribution in [1.82, 2.24) is 9.55 Å². The number of rotatable bonds is 9. The summed E-state index contributed by atoms with van der Waals surface area (Å²) < 4.78 is 6.65. The predicted molar refractivity (Wildman–Crippen MR) is 130 cm³/mol. The minimum atomic E-state index is -0.673. The van der Waals surface area contributed by atoms with Crippen molar-refractivity contribution in [3.8, 4) is 5.75 Å². The van der Waals surface area contributed by atoms with E-state index in [4.69, 9.17) is 10.5 Å². The topological polar surface area (TPSA) is 110 Å². The Morgan fingerprint density at radius 2 is 1.85 bits per heavy atom. The third kappa shape index (κ3) is 5.52. The fourth-order valence-electron chi connectivity index (χ4n) is 3.68. The predicted octanol–water partition coefficient (Wildman–Crippen LogP) is 2.86. The molecule has 0 aliphatic rings. The molecule has 0 atom stereocenters. The van der Waals surface area contributed by atoms with Gasteiger partial charge in [-0.15, -0.1) is 0 Å². The van der Waals surface area contributed by atoms with Gasteiger partial charge in [-0.05, 0) is 36.1 Å². The van der Waals surface area contributed by atoms with Gasteiger partial charge in [-0.1, -0.05) is 55.8 Å². The van der Waals surface area contributed by atoms with Gasteiger partial charge < -0.3 is 15.4 Å². The summed E-state index contributed by atoms with van der Waals surface area (Å²) in [6.07, 6.45) is 1.57. The molecule has 0 bridgehead atoms. The number of nitrogens with two attached hydrogens (primary N) is 1. The Labute approximate surface area is 192 Å². The van der Waals surface area contributed by atoms with E-state index in [0.29, 0.717) is 18.7 Å². The Balaban J connectivity index is 2.01. The number of carbonyl (C=O) groups is 1. The molecule has 174 valence electrons. The van der Waals surface area contributed by atoms with Crippen LogP contribution in [0.3, 0.4) is 0 Å². The van der Waals surface area contributed by atoms with Gasteiger partial charge in [0.15, 0.2) is 5.69 Å². The number of hydrogen-bond donors (Lipinski definition) is 2. The molecule has 1 heterocycles. The second-order valence-electron chi connectivity index (χ2n) is 7.94. The van der Waals surface area contributed by atoms with Gasteiger partial charge >= 0.3 is 5.69 Å². The molecule has 3 rings (SSSR count). The highest BCUT2D eigenvalue weighted by atomic mass is 16.5. The van der Waals surface area contributed by atoms with Crippen molar-refractivity contribution in [2.75, 3.05) is 24.3 Å². The average molecular weight is 451 g/mol. The molecule has 3 N–H and O–H groups in total. The van der Waals surface area contributed by atoms with Gasteiger partial charge in [0.25, 0.3) is 5.56 Å². The fraction of sp³-hybridized carbons (Fsp3) is 0.320. The molecule has 1 amide bonds. The van der Waals surface area contributed by atoms with Crippen molar-refractivity contribution in [3.63, 3.8) is 0 Å². The number of unbranched alkanes of at least 4 members (excludes halogenated alkanes) is 1. The summed E-state index contributed by atoms with van der Waals surface area (Å²) in [7, 11) is 1.58. The van der Waals surface area contributed by atoms with Crippen LogP contribution in [0.4, 0.5) is 11.5 Å². The van der Waals surface area contributed by atoms with Gasteiger partial charge in [0.2, 0.25) is 5.91 Å². The molecule has 0 aliphatic heterocycles. The van der Waals surface area contributed by atoms with Crippen molar-refractivity contribution in [2.45, 2.75) is 39.7 Å². The normalized spacial score (nSPS) is 10.8. The highest BCUT2D eigenvalue weighted by Gasteiger charge is 2.24. The highest BCUT2D eigenvalue weighted by molar-refractivity contribution is 5.96. The first-order valence-corrected chi connectivity index (χ1v) is 11.0. The first-order chi connectivity index (χ1) is 15.8. The number of aromatic amines is 1. The summed E-state index contributed by atoms with van der Waals surface area (Å²) in [5.74, 6) is 0.379. The van der Waals surface area contributed by atoms with E-state index in [0.717, 1.165) is 23.1 Å². The number of nitrogen functional groups attached to an aromatic ring is 1. The number of nitrogens with one attached hydrogen (secondary N) is 1. The average Bonchev–Trinajstić information content (AvgIpc) is 2.80. The summed E-state index contributed by atoms with van der Waals surface area (Å²) in [5.41, 5.74) is 7.62. The molecular formula is C25H30N4O4. The minimum Gasteiger partial charge on any atom is -0.496 e. The molecule has 8 heteroatoms. The molecule has 0 radical (unpaired) electrons. The van der Waals surface area contributed by atoms with Crippen LogP contribution in [-0.4, -0.2) is 29.1 Å². The highest BCUT2D eigenvalue weighted by Crippen LogP contribution is 2.22. The smallest absolute Gasteiger partial charge is 0.330 e. The SMILES string of the molecule is CCCCN(C(=O)Cc1ccc(C)c(OC)c1)c1c(N)n(Cc2ccccc2)c(=O)[nH]c1=O. The molecule has 0 fully saturated rings. The molecule has 0 aliphatic carbocycles. The molecule has 0 saturated carbocycles. The number of anilines is 2. The maximum Gasteiger partial charge on any atom is 0.330 e. The van der Waals surface area contributed by atoms with Gasteiger partial charge in [-0.2, -0.15) is 0 Å². The van der Waals surface area contributed by atoms with E-state index in [1.165, 1.54) is 9.47 Å². The van der Waals surface area contributed by atoms with Crippen LogP contribution in [0.5, 0.6) is 5.75 Å². The Morgan fingerprint density at radius 3 is 2.52 bits per heavy atom. The molecule has 2 aromatic carbocycles. The molecule has 0 spiro atoms. The molecule has 33 heavy (non-hydrogen) atoms. The molecule has 1 aromatic heterocycles. The number of hydrogen-bond acceptors (Lipinski definition) is 5. The number of nitrogens with zero attached hydrogens (tertiary/aromatic N) is 2. The number of aromatic nitrogens is 2. The van der Waals surface area contributed by atoms with E-state index < -0.39 is 11.2 Å². The molecule has 8 nitrogen and oxygen atoms in total. The monoisotopic (exact) mass is 450 g/mol. The largest absolute Gasteiger partial charge is 0.496 e. The summed E-state index contributed by atoms with van der Waals surface area (Å²) in [5, 5.41) is 0. The number of carbonyl (C=O) groups excluding carboxylic acids is 1. The number of benzene rings is 2. The second-order valence-corrected chi connectivity index (χ2v) is 7.94. The van der Waals surface area contributed by atoms with E-state index in [1.54, 1.807) is 7.11 Å². The van der Waals surface area contributed by atoms with Crippen molar-refractivity contribution < 1.29 is 9.53 Å². The van der Waals surface area contributed by atoms with Crippen LogP contribution in [-0.2, 0) is 17.8 Å². The lowest BCUT2D eigenvalue weighted by atomic mass is 10.1. The third-order valence-corrected chi connectivity index (χ3v) is 5.53. The summed E-state index contributed by atoms with van der Waals surface area (Å²) in [6, 6.07) is 14.9. The van der Waals surface area contributed by atoms with Crippen LogP contribution in [0.1, 0.15) is 36.5 Å². The van der Waals surface area contributed by atoms with Crippen LogP contribution < -0.4 is 26.6 Å². The lowest BCUT2D eigenvalue weighted by Crippen LogP contribution is -2.42. The number of aryl methyl sites for hydroxylation is 1. The van der Waals surface area contributed by atoms with Gasteiger partial charge in [-0.25, -0.2) is 4.79 Å². The summed E-state index contributed by atoms with van der Waals surface area (Å²) in [6.45, 7) is 4.42. The van der Waals surface area contributed by atoms with Crippen LogP contribution in [0.2, 0.25) is 0 Å². The van der Waals surface area contributed by atoms with E-state index in [2.05, 4.69) is 4.98 Å². The summed E-state index contributed by atoms with van der Waals surface area (Å²) >= 11 is 0. The number of amides is 1. The Bertz CT molecular complexity index is 1230. The molecular weight excluding hydrogens is 420 g/mol. The van der Waals surface area contributed by atoms with Crippen molar-refractivity contribution in [2.24, 2.45) is 0 Å². The number of H-pyrrole nitrogens is 1. The molecule has 0 saturated heterocycles. The third-order valence-electron chi connectivity index (χ3n) is 5.53. The van der Waals surface area contributed by atoms with Crippen LogP contribution in [0.25, 0.3) is 0 Å². The van der Waals surface area contributed by atoms with Crippen LogP contribution >= 0.6 is 0 Å². The lowest BCUT2D eigenvalue weighted by molar-refractivity contribution is -0.118. The Morgan fingerprint density at radius 1 is 1.12 bits per heavy atom. The van der Waals surface area contributed by atoms with E-state index in [9.17, 15) is 14.4 Å². The van der Waals surface area contributed by atoms with Gasteiger partial charge in [0.05, 0.1) is 20.1 Å². The summed E-state index contributed by atoms with van der Waals surface area (Å²) in [4.78, 5) is 42.4. The Kier molecular flexibility index (Phi) is 7.71. The van der Waals surface area contributed by atoms with E-state index in [-0.39, 0.29) is 30.4 Å². The van der Waals surface area contributed by atoms with Crippen LogP contribution in [0.15, 0.2) is 58.1 Å². The fourth-order valence-corrected chi connectivity index (χ4v) is 3.68. The number of methoxy groups -OCH3 is 1. The first kappa shape index (κ1) is 23.8. The standard InChI is InChI=1S/C25H30N4O4/c1-4-5-13-28(21(30)15-19-12-11-17(2)20(14-19)33-3)22-23(26)29(25(32)27-24(22)31)16-18-9-7-6-8-10-18/h6-12,14H,4-5,13,15-16,26H2,1-3H3,(H,27,31,32). The lowest BCUT2D eigenvalue weighted by Gasteiger charge is -2.25.